The van der Waals surface area contributed by atoms with E-state index in [1.807, 2.05) is 63.3 Å². The lowest BCUT2D eigenvalue weighted by molar-refractivity contribution is 0.0821. The standard InChI is InChI=1S/C14H18O/c1-4-5-11-14(2,3)13(15)12-9-7-6-8-10-12/h4,6-11,13,15H,1-3H3. The summed E-state index contributed by atoms with van der Waals surface area (Å²) in [5, 5.41) is 10.2. The molecule has 1 unspecified atom stereocenters. The van der Waals surface area contributed by atoms with Gasteiger partial charge in [0, 0.05) is 5.41 Å². The summed E-state index contributed by atoms with van der Waals surface area (Å²) >= 11 is 0. The van der Waals surface area contributed by atoms with Crippen molar-refractivity contribution in [2.24, 2.45) is 5.41 Å². The summed E-state index contributed by atoms with van der Waals surface area (Å²) in [5.74, 6) is 0. The van der Waals surface area contributed by atoms with Crippen LogP contribution in [0.1, 0.15) is 32.4 Å². The third-order valence-electron chi connectivity index (χ3n) is 2.44. The van der Waals surface area contributed by atoms with Crippen LogP contribution in [0.25, 0.3) is 0 Å². The lowest BCUT2D eigenvalue weighted by atomic mass is 9.82. The molecule has 0 amide bonds. The van der Waals surface area contributed by atoms with E-state index in [1.165, 1.54) is 0 Å². The molecule has 0 heterocycles. The van der Waals surface area contributed by atoms with Gasteiger partial charge in [-0.25, -0.2) is 0 Å². The van der Waals surface area contributed by atoms with Gasteiger partial charge in [-0.05, 0) is 24.6 Å². The highest BCUT2D eigenvalue weighted by molar-refractivity contribution is 5.21. The van der Waals surface area contributed by atoms with Crippen molar-refractivity contribution in [3.8, 4) is 0 Å². The van der Waals surface area contributed by atoms with Crippen LogP contribution in [0.2, 0.25) is 0 Å². The number of benzene rings is 1. The Morgan fingerprint density at radius 1 is 1.27 bits per heavy atom. The summed E-state index contributed by atoms with van der Waals surface area (Å²) in [6.07, 6.45) is 3.26. The maximum absolute atomic E-state index is 10.2. The van der Waals surface area contributed by atoms with Crippen LogP contribution in [0, 0.1) is 5.41 Å². The Labute approximate surface area is 91.8 Å². The average molecular weight is 202 g/mol. The van der Waals surface area contributed by atoms with Gasteiger partial charge >= 0.3 is 0 Å². The average Bonchev–Trinajstić information content (AvgIpc) is 2.26. The van der Waals surface area contributed by atoms with Crippen molar-refractivity contribution in [1.29, 1.82) is 0 Å². The fraction of sp³-hybridized carbons (Fsp3) is 0.357. The smallest absolute Gasteiger partial charge is 0.0881 e. The van der Waals surface area contributed by atoms with E-state index in [4.69, 9.17) is 0 Å². The Kier molecular flexibility index (Phi) is 3.90. The van der Waals surface area contributed by atoms with Crippen LogP contribution >= 0.6 is 0 Å². The molecule has 1 aromatic rings. The molecule has 0 aliphatic rings. The van der Waals surface area contributed by atoms with Crippen molar-refractivity contribution < 1.29 is 5.11 Å². The van der Waals surface area contributed by atoms with E-state index in [1.54, 1.807) is 0 Å². The Morgan fingerprint density at radius 2 is 1.87 bits per heavy atom. The van der Waals surface area contributed by atoms with Crippen LogP contribution in [0.4, 0.5) is 0 Å². The second-order valence-corrected chi connectivity index (χ2v) is 4.23. The molecule has 80 valence electrons. The molecule has 1 N–H and O–H groups in total. The van der Waals surface area contributed by atoms with Crippen LogP contribution in [-0.4, -0.2) is 5.11 Å². The molecule has 15 heavy (non-hydrogen) atoms. The third-order valence-corrected chi connectivity index (χ3v) is 2.44. The maximum atomic E-state index is 10.2. The topological polar surface area (TPSA) is 20.2 Å². The van der Waals surface area contributed by atoms with Gasteiger partial charge in [0.25, 0.3) is 0 Å². The highest BCUT2D eigenvalue weighted by Crippen LogP contribution is 2.33. The van der Waals surface area contributed by atoms with Gasteiger partial charge in [-0.2, -0.15) is 0 Å². The van der Waals surface area contributed by atoms with E-state index in [-0.39, 0.29) is 5.41 Å². The molecule has 0 saturated carbocycles. The minimum Gasteiger partial charge on any atom is -0.388 e. The molecule has 1 atom stereocenters. The third kappa shape index (κ3) is 3.09. The van der Waals surface area contributed by atoms with Crippen LogP contribution in [0.5, 0.6) is 0 Å². The highest BCUT2D eigenvalue weighted by Gasteiger charge is 2.26. The summed E-state index contributed by atoms with van der Waals surface area (Å²) < 4.78 is 0. The van der Waals surface area contributed by atoms with Crippen LogP contribution in [-0.2, 0) is 0 Å². The van der Waals surface area contributed by atoms with E-state index >= 15 is 0 Å². The predicted octanol–water partition coefficient (Wildman–Crippen LogP) is 3.48. The molecule has 0 aliphatic carbocycles. The summed E-state index contributed by atoms with van der Waals surface area (Å²) in [5.41, 5.74) is 3.67. The van der Waals surface area contributed by atoms with Gasteiger partial charge in [0.15, 0.2) is 0 Å². The van der Waals surface area contributed by atoms with Crippen molar-refractivity contribution in [3.63, 3.8) is 0 Å². The first-order valence-electron chi connectivity index (χ1n) is 5.19. The van der Waals surface area contributed by atoms with Gasteiger partial charge in [-0.1, -0.05) is 44.2 Å². The Balaban J connectivity index is 2.94. The molecule has 0 spiro atoms. The van der Waals surface area contributed by atoms with Gasteiger partial charge in [-0.15, -0.1) is 5.73 Å². The van der Waals surface area contributed by atoms with Crippen molar-refractivity contribution >= 4 is 0 Å². The monoisotopic (exact) mass is 202 g/mol. The van der Waals surface area contributed by atoms with Crippen LogP contribution in [0.3, 0.4) is 0 Å². The summed E-state index contributed by atoms with van der Waals surface area (Å²) in [6, 6.07) is 9.71. The molecule has 0 aromatic heterocycles. The van der Waals surface area contributed by atoms with E-state index in [9.17, 15) is 5.11 Å². The predicted molar refractivity (Wildman–Crippen MR) is 63.5 cm³/mol. The zero-order valence-corrected chi connectivity index (χ0v) is 9.57. The fourth-order valence-corrected chi connectivity index (χ4v) is 1.44. The Hall–Kier alpha value is -1.30. The van der Waals surface area contributed by atoms with Crippen molar-refractivity contribution in [2.75, 3.05) is 0 Å². The van der Waals surface area contributed by atoms with Gasteiger partial charge < -0.3 is 5.11 Å². The lowest BCUT2D eigenvalue weighted by Crippen LogP contribution is -2.19. The first kappa shape index (κ1) is 11.8. The largest absolute Gasteiger partial charge is 0.388 e. The molecule has 0 radical (unpaired) electrons. The van der Waals surface area contributed by atoms with E-state index < -0.39 is 6.10 Å². The van der Waals surface area contributed by atoms with Crippen LogP contribution < -0.4 is 0 Å². The Morgan fingerprint density at radius 3 is 2.40 bits per heavy atom. The molecule has 0 fully saturated rings. The minimum absolute atomic E-state index is 0.298. The van der Waals surface area contributed by atoms with Crippen molar-refractivity contribution in [1.82, 2.24) is 0 Å². The first-order valence-corrected chi connectivity index (χ1v) is 5.19. The number of hydrogen-bond acceptors (Lipinski definition) is 1. The highest BCUT2D eigenvalue weighted by atomic mass is 16.3. The maximum Gasteiger partial charge on any atom is 0.0881 e. The normalized spacial score (nSPS) is 12.8. The molecule has 1 rings (SSSR count). The lowest BCUT2D eigenvalue weighted by Gasteiger charge is -2.26. The van der Waals surface area contributed by atoms with Gasteiger partial charge in [0.1, 0.15) is 0 Å². The van der Waals surface area contributed by atoms with E-state index in [0.717, 1.165) is 5.56 Å². The summed E-state index contributed by atoms with van der Waals surface area (Å²) in [6.45, 7) is 5.92. The number of aliphatic hydroxyl groups excluding tert-OH is 1. The van der Waals surface area contributed by atoms with E-state index in [2.05, 4.69) is 5.73 Å². The number of rotatable bonds is 3. The van der Waals surface area contributed by atoms with Gasteiger partial charge in [-0.3, -0.25) is 0 Å². The quantitative estimate of drug-likeness (QED) is 0.744. The zero-order valence-electron chi connectivity index (χ0n) is 9.57. The zero-order chi connectivity index (χ0) is 11.3. The Bertz CT molecular complexity index is 356. The van der Waals surface area contributed by atoms with Crippen LogP contribution in [0.15, 0.2) is 48.2 Å². The van der Waals surface area contributed by atoms with Crippen molar-refractivity contribution in [2.45, 2.75) is 26.9 Å². The first-order chi connectivity index (χ1) is 7.08. The molecule has 1 aromatic carbocycles. The summed E-state index contributed by atoms with van der Waals surface area (Å²) in [7, 11) is 0. The molecule has 1 heteroatoms. The molecule has 0 aliphatic heterocycles. The number of hydrogen-bond donors (Lipinski definition) is 1. The number of aliphatic hydroxyl groups is 1. The molecular formula is C14H18O. The SMILES string of the molecule is CC=C=CC(C)(C)C(O)c1ccccc1. The second-order valence-electron chi connectivity index (χ2n) is 4.23. The second kappa shape index (κ2) is 4.97. The van der Waals surface area contributed by atoms with Crippen molar-refractivity contribution in [3.05, 3.63) is 53.8 Å². The molecule has 0 bridgehead atoms. The fourth-order valence-electron chi connectivity index (χ4n) is 1.44. The minimum atomic E-state index is -0.494. The molecule has 0 saturated heterocycles. The van der Waals surface area contributed by atoms with Gasteiger partial charge in [0.2, 0.25) is 0 Å². The molecule has 1 nitrogen and oxygen atoms in total. The summed E-state index contributed by atoms with van der Waals surface area (Å²) in [4.78, 5) is 0. The molecular weight excluding hydrogens is 184 g/mol. The van der Waals surface area contributed by atoms with E-state index in [0.29, 0.717) is 0 Å². The van der Waals surface area contributed by atoms with Gasteiger partial charge in [0.05, 0.1) is 6.10 Å².